The molecule has 0 saturated carbocycles. The molecule has 23 heavy (non-hydrogen) atoms. The Morgan fingerprint density at radius 2 is 2.09 bits per heavy atom. The Balaban J connectivity index is 1.65. The second-order valence-electron chi connectivity index (χ2n) is 5.63. The minimum absolute atomic E-state index is 0.757. The number of benzene rings is 2. The summed E-state index contributed by atoms with van der Waals surface area (Å²) in [6.45, 7) is 4.11. The normalized spacial score (nSPS) is 16.0. The molecule has 2 aromatic carbocycles. The number of hydrogen-bond acceptors (Lipinski definition) is 3. The van der Waals surface area contributed by atoms with Crippen molar-refractivity contribution in [2.45, 2.75) is 24.2 Å². The van der Waals surface area contributed by atoms with Crippen molar-refractivity contribution in [2.75, 3.05) is 18.2 Å². The summed E-state index contributed by atoms with van der Waals surface area (Å²) in [7, 11) is 1.66. The number of para-hydroxylation sites is 2. The smallest absolute Gasteiger partial charge is 0.159 e. The molecule has 1 aliphatic rings. The van der Waals surface area contributed by atoms with E-state index in [0.717, 1.165) is 47.0 Å². The molecule has 1 N–H and O–H groups in total. The standard InChI is InChI=1S/C19H21NO2S/c1-14(20-17-8-3-4-9-18(17)22-2)10-11-15-6-5-7-16-12-13-23(21)19(15)16/h3-9,20H,1,10-13H2,2H3. The van der Waals surface area contributed by atoms with E-state index >= 15 is 0 Å². The third-order valence-corrected chi connectivity index (χ3v) is 5.63. The predicted octanol–water partition coefficient (Wildman–Crippen LogP) is 3.92. The van der Waals surface area contributed by atoms with E-state index in [1.165, 1.54) is 11.1 Å². The Hall–Kier alpha value is -1.91. The van der Waals surface area contributed by atoms with Crippen molar-refractivity contribution in [2.24, 2.45) is 0 Å². The number of methoxy groups -OCH3 is 1. The van der Waals surface area contributed by atoms with Crippen LogP contribution in [-0.2, 0) is 24.0 Å². The van der Waals surface area contributed by atoms with Gasteiger partial charge in [0, 0.05) is 23.2 Å². The van der Waals surface area contributed by atoms with Gasteiger partial charge in [-0.15, -0.1) is 0 Å². The van der Waals surface area contributed by atoms with Crippen molar-refractivity contribution in [1.82, 2.24) is 0 Å². The first kappa shape index (κ1) is 16.0. The summed E-state index contributed by atoms with van der Waals surface area (Å²) >= 11 is -0.837. The van der Waals surface area contributed by atoms with Gasteiger partial charge in [0.1, 0.15) is 11.5 Å². The number of nitrogens with one attached hydrogen (secondary N) is 1. The highest BCUT2D eigenvalue weighted by Gasteiger charge is 2.27. The van der Waals surface area contributed by atoms with Gasteiger partial charge in [-0.05, 0) is 36.2 Å². The van der Waals surface area contributed by atoms with E-state index in [1.54, 1.807) is 7.11 Å². The van der Waals surface area contributed by atoms with Crippen molar-refractivity contribution >= 4 is 16.9 Å². The minimum atomic E-state index is -0.837. The molecule has 1 heterocycles. The lowest BCUT2D eigenvalue weighted by molar-refractivity contribution is 0.416. The number of fused-ring (bicyclic) bond motifs is 1. The zero-order valence-electron chi connectivity index (χ0n) is 13.3. The van der Waals surface area contributed by atoms with Gasteiger partial charge in [-0.25, -0.2) is 0 Å². The van der Waals surface area contributed by atoms with Crippen molar-refractivity contribution in [3.05, 3.63) is 65.9 Å². The molecule has 0 fully saturated rings. The zero-order valence-corrected chi connectivity index (χ0v) is 14.1. The van der Waals surface area contributed by atoms with Crippen LogP contribution in [0.25, 0.3) is 0 Å². The highest BCUT2D eigenvalue weighted by Crippen LogP contribution is 2.31. The summed E-state index contributed by atoms with van der Waals surface area (Å²) in [5, 5.41) is 3.32. The lowest BCUT2D eigenvalue weighted by Crippen LogP contribution is -2.05. The molecule has 0 aromatic heterocycles. The van der Waals surface area contributed by atoms with Crippen LogP contribution in [-0.4, -0.2) is 17.4 Å². The average Bonchev–Trinajstić information content (AvgIpc) is 2.95. The maximum absolute atomic E-state index is 12.2. The van der Waals surface area contributed by atoms with Crippen LogP contribution in [0.3, 0.4) is 0 Å². The quantitative estimate of drug-likeness (QED) is 0.818. The van der Waals surface area contributed by atoms with Gasteiger partial charge >= 0.3 is 0 Å². The summed E-state index contributed by atoms with van der Waals surface area (Å²) in [6, 6.07) is 14.0. The molecule has 3 nitrogen and oxygen atoms in total. The van der Waals surface area contributed by atoms with Crippen molar-refractivity contribution in [3.8, 4) is 5.75 Å². The Bertz CT molecular complexity index is 714. The van der Waals surface area contributed by atoms with Gasteiger partial charge < -0.3 is 14.6 Å². The molecule has 0 bridgehead atoms. The molecule has 1 atom stereocenters. The Kier molecular flexibility index (Phi) is 4.94. The Morgan fingerprint density at radius 1 is 1.26 bits per heavy atom. The van der Waals surface area contributed by atoms with Crippen LogP contribution in [0.2, 0.25) is 0 Å². The molecule has 120 valence electrons. The second kappa shape index (κ2) is 7.11. The molecular weight excluding hydrogens is 306 g/mol. The number of aryl methyl sites for hydroxylation is 2. The molecule has 2 aromatic rings. The first-order chi connectivity index (χ1) is 11.2. The lowest BCUT2D eigenvalue weighted by atomic mass is 10.0. The van der Waals surface area contributed by atoms with Gasteiger partial charge in [0.15, 0.2) is 4.90 Å². The first-order valence-electron chi connectivity index (χ1n) is 7.76. The maximum Gasteiger partial charge on any atom is 0.159 e. The van der Waals surface area contributed by atoms with Crippen LogP contribution < -0.4 is 10.1 Å². The molecule has 0 radical (unpaired) electrons. The Labute approximate surface area is 140 Å². The lowest BCUT2D eigenvalue weighted by Gasteiger charge is -2.14. The van der Waals surface area contributed by atoms with Crippen molar-refractivity contribution in [1.29, 1.82) is 0 Å². The monoisotopic (exact) mass is 327 g/mol. The molecular formula is C19H21NO2S. The third kappa shape index (κ3) is 3.54. The molecule has 1 unspecified atom stereocenters. The summed E-state index contributed by atoms with van der Waals surface area (Å²) in [6.07, 6.45) is 2.57. The number of anilines is 1. The largest absolute Gasteiger partial charge is 0.611 e. The molecule has 0 saturated heterocycles. The van der Waals surface area contributed by atoms with Crippen molar-refractivity contribution in [3.63, 3.8) is 0 Å². The number of hydrogen-bond donors (Lipinski definition) is 1. The topological polar surface area (TPSA) is 44.3 Å². The summed E-state index contributed by atoms with van der Waals surface area (Å²) in [5.41, 5.74) is 4.27. The van der Waals surface area contributed by atoms with Gasteiger partial charge in [-0.3, -0.25) is 0 Å². The van der Waals surface area contributed by atoms with Crippen LogP contribution in [0.15, 0.2) is 59.6 Å². The average molecular weight is 327 g/mol. The summed E-state index contributed by atoms with van der Waals surface area (Å²) in [4.78, 5) is 1.05. The van der Waals surface area contributed by atoms with E-state index in [-0.39, 0.29) is 0 Å². The van der Waals surface area contributed by atoms with E-state index in [0.29, 0.717) is 0 Å². The number of allylic oxidation sites excluding steroid dienone is 1. The van der Waals surface area contributed by atoms with Crippen LogP contribution in [0.4, 0.5) is 5.69 Å². The van der Waals surface area contributed by atoms with Crippen LogP contribution in [0.1, 0.15) is 17.5 Å². The van der Waals surface area contributed by atoms with E-state index in [2.05, 4.69) is 30.1 Å². The SMILES string of the molecule is C=C(CCc1cccc2c1[S+]([O-])CC2)Nc1ccccc1OC. The highest BCUT2D eigenvalue weighted by molar-refractivity contribution is 7.91. The fraction of sp³-hybridized carbons (Fsp3) is 0.263. The van der Waals surface area contributed by atoms with Gasteiger partial charge in [-0.2, -0.15) is 0 Å². The van der Waals surface area contributed by atoms with Gasteiger partial charge in [0.2, 0.25) is 0 Å². The first-order valence-corrected chi connectivity index (χ1v) is 9.08. The third-order valence-electron chi connectivity index (χ3n) is 4.08. The summed E-state index contributed by atoms with van der Waals surface area (Å²) < 4.78 is 17.5. The number of rotatable bonds is 6. The highest BCUT2D eigenvalue weighted by atomic mass is 32.2. The summed E-state index contributed by atoms with van der Waals surface area (Å²) in [5.74, 6) is 1.56. The molecule has 1 aliphatic heterocycles. The van der Waals surface area contributed by atoms with Gasteiger partial charge in [-0.1, -0.05) is 36.9 Å². The maximum atomic E-state index is 12.2. The molecule has 0 amide bonds. The zero-order chi connectivity index (χ0) is 16.2. The fourth-order valence-corrected chi connectivity index (χ4v) is 4.45. The molecule has 0 aliphatic carbocycles. The van der Waals surface area contributed by atoms with Gasteiger partial charge in [0.05, 0.1) is 12.8 Å². The molecule has 4 heteroatoms. The molecule has 0 spiro atoms. The van der Waals surface area contributed by atoms with Gasteiger partial charge in [0.25, 0.3) is 0 Å². The number of ether oxygens (including phenoxy) is 1. The van der Waals surface area contributed by atoms with E-state index < -0.39 is 11.2 Å². The van der Waals surface area contributed by atoms with Crippen LogP contribution in [0, 0.1) is 0 Å². The van der Waals surface area contributed by atoms with E-state index in [4.69, 9.17) is 4.74 Å². The fourth-order valence-electron chi connectivity index (χ4n) is 2.92. The second-order valence-corrected chi connectivity index (χ2v) is 7.14. The predicted molar refractivity (Wildman–Crippen MR) is 95.5 cm³/mol. The van der Waals surface area contributed by atoms with E-state index in [9.17, 15) is 4.55 Å². The van der Waals surface area contributed by atoms with Crippen molar-refractivity contribution < 1.29 is 9.29 Å². The Morgan fingerprint density at radius 3 is 2.91 bits per heavy atom. The van der Waals surface area contributed by atoms with E-state index in [1.807, 2.05) is 24.3 Å². The minimum Gasteiger partial charge on any atom is -0.611 e. The molecule has 3 rings (SSSR count). The van der Waals surface area contributed by atoms with Crippen LogP contribution >= 0.6 is 0 Å². The van der Waals surface area contributed by atoms with Crippen LogP contribution in [0.5, 0.6) is 5.75 Å².